The molecule has 0 saturated carbocycles. The zero-order chi connectivity index (χ0) is 20.6. The molecule has 0 fully saturated rings. The molecule has 6 nitrogen and oxygen atoms in total. The van der Waals surface area contributed by atoms with E-state index in [9.17, 15) is 4.79 Å². The summed E-state index contributed by atoms with van der Waals surface area (Å²) in [6.45, 7) is 4.97. The number of benzene rings is 2. The van der Waals surface area contributed by atoms with E-state index in [0.717, 1.165) is 17.9 Å². The number of amides is 1. The number of methoxy groups -OCH3 is 1. The van der Waals surface area contributed by atoms with Crippen LogP contribution in [0.1, 0.15) is 41.3 Å². The van der Waals surface area contributed by atoms with Crippen molar-refractivity contribution in [3.8, 4) is 5.75 Å². The molecule has 0 aliphatic heterocycles. The second-order valence-corrected chi connectivity index (χ2v) is 7.05. The van der Waals surface area contributed by atoms with Gasteiger partial charge in [0.2, 0.25) is 5.95 Å². The van der Waals surface area contributed by atoms with Crippen LogP contribution in [0, 0.1) is 0 Å². The molecule has 0 radical (unpaired) electrons. The molecule has 0 unspecified atom stereocenters. The SMILES string of the molecule is COc1ccc(CCNc2ncc(C(=O)Nc3ccc(C(C)C)cc3)cn2)cc1. The zero-order valence-corrected chi connectivity index (χ0v) is 17.0. The topological polar surface area (TPSA) is 76.1 Å². The molecule has 0 atom stereocenters. The van der Waals surface area contributed by atoms with Gasteiger partial charge in [0.05, 0.1) is 12.7 Å². The molecular formula is C23H26N4O2. The van der Waals surface area contributed by atoms with Crippen LogP contribution in [0.5, 0.6) is 5.75 Å². The van der Waals surface area contributed by atoms with Crippen LogP contribution in [-0.4, -0.2) is 29.5 Å². The molecule has 0 aliphatic carbocycles. The molecule has 1 heterocycles. The molecule has 0 aliphatic rings. The number of nitrogens with one attached hydrogen (secondary N) is 2. The number of ether oxygens (including phenoxy) is 1. The summed E-state index contributed by atoms with van der Waals surface area (Å²) in [5.74, 6) is 1.57. The molecule has 0 spiro atoms. The summed E-state index contributed by atoms with van der Waals surface area (Å²) >= 11 is 0. The number of anilines is 2. The van der Waals surface area contributed by atoms with Crippen LogP contribution < -0.4 is 15.4 Å². The predicted molar refractivity (Wildman–Crippen MR) is 116 cm³/mol. The first-order valence-corrected chi connectivity index (χ1v) is 9.65. The largest absolute Gasteiger partial charge is 0.497 e. The summed E-state index contributed by atoms with van der Waals surface area (Å²) in [4.78, 5) is 20.8. The van der Waals surface area contributed by atoms with Gasteiger partial charge in [-0.3, -0.25) is 4.79 Å². The summed E-state index contributed by atoms with van der Waals surface area (Å²) in [6.07, 6.45) is 3.89. The number of nitrogens with zero attached hydrogens (tertiary/aromatic N) is 2. The molecule has 2 N–H and O–H groups in total. The van der Waals surface area contributed by atoms with Crippen molar-refractivity contribution in [3.63, 3.8) is 0 Å². The lowest BCUT2D eigenvalue weighted by Crippen LogP contribution is -2.14. The number of hydrogen-bond donors (Lipinski definition) is 2. The summed E-state index contributed by atoms with van der Waals surface area (Å²) in [7, 11) is 1.65. The highest BCUT2D eigenvalue weighted by atomic mass is 16.5. The number of aromatic nitrogens is 2. The van der Waals surface area contributed by atoms with E-state index in [0.29, 0.717) is 24.0 Å². The van der Waals surface area contributed by atoms with Gasteiger partial charge in [-0.2, -0.15) is 0 Å². The molecule has 3 rings (SSSR count). The van der Waals surface area contributed by atoms with E-state index in [1.165, 1.54) is 23.5 Å². The van der Waals surface area contributed by atoms with Crippen molar-refractivity contribution in [1.29, 1.82) is 0 Å². The average molecular weight is 390 g/mol. The first-order chi connectivity index (χ1) is 14.0. The fourth-order valence-corrected chi connectivity index (χ4v) is 2.80. The van der Waals surface area contributed by atoms with E-state index in [1.54, 1.807) is 7.11 Å². The Morgan fingerprint density at radius 2 is 1.66 bits per heavy atom. The van der Waals surface area contributed by atoms with Gasteiger partial charge in [-0.15, -0.1) is 0 Å². The maximum Gasteiger partial charge on any atom is 0.258 e. The van der Waals surface area contributed by atoms with E-state index >= 15 is 0 Å². The van der Waals surface area contributed by atoms with Crippen LogP contribution in [0.4, 0.5) is 11.6 Å². The molecule has 2 aromatic carbocycles. The number of carbonyl (C=O) groups excluding carboxylic acids is 1. The first-order valence-electron chi connectivity index (χ1n) is 9.65. The van der Waals surface area contributed by atoms with Crippen molar-refractivity contribution >= 4 is 17.5 Å². The Hall–Kier alpha value is -3.41. The van der Waals surface area contributed by atoms with Gasteiger partial charge >= 0.3 is 0 Å². The minimum atomic E-state index is -0.230. The third-order valence-electron chi connectivity index (χ3n) is 4.61. The minimum Gasteiger partial charge on any atom is -0.497 e. The molecule has 3 aromatic rings. The second kappa shape index (κ2) is 9.68. The number of hydrogen-bond acceptors (Lipinski definition) is 5. The van der Waals surface area contributed by atoms with E-state index in [4.69, 9.17) is 4.74 Å². The van der Waals surface area contributed by atoms with Gasteiger partial charge in [-0.25, -0.2) is 9.97 Å². The Bertz CT molecular complexity index is 921. The fraction of sp³-hybridized carbons (Fsp3) is 0.261. The van der Waals surface area contributed by atoms with Crippen molar-refractivity contribution in [2.75, 3.05) is 24.3 Å². The third kappa shape index (κ3) is 5.78. The molecule has 6 heteroatoms. The van der Waals surface area contributed by atoms with Crippen LogP contribution in [0.25, 0.3) is 0 Å². The zero-order valence-electron chi connectivity index (χ0n) is 17.0. The normalized spacial score (nSPS) is 10.6. The maximum atomic E-state index is 12.4. The number of carbonyl (C=O) groups is 1. The third-order valence-corrected chi connectivity index (χ3v) is 4.61. The Labute approximate surface area is 171 Å². The summed E-state index contributed by atoms with van der Waals surface area (Å²) in [6, 6.07) is 15.8. The van der Waals surface area contributed by atoms with Gasteiger partial charge in [-0.05, 0) is 47.7 Å². The van der Waals surface area contributed by atoms with Gasteiger partial charge in [0.25, 0.3) is 5.91 Å². The van der Waals surface area contributed by atoms with Crippen molar-refractivity contribution in [2.24, 2.45) is 0 Å². The van der Waals surface area contributed by atoms with Gasteiger partial charge in [0, 0.05) is 24.6 Å². The van der Waals surface area contributed by atoms with E-state index in [-0.39, 0.29) is 5.91 Å². The Balaban J connectivity index is 1.50. The lowest BCUT2D eigenvalue weighted by atomic mass is 10.0. The lowest BCUT2D eigenvalue weighted by Gasteiger charge is -2.09. The van der Waals surface area contributed by atoms with Crippen molar-refractivity contribution < 1.29 is 9.53 Å². The smallest absolute Gasteiger partial charge is 0.258 e. The van der Waals surface area contributed by atoms with Gasteiger partial charge in [0.15, 0.2) is 0 Å². The Morgan fingerprint density at radius 1 is 1.00 bits per heavy atom. The molecule has 1 aromatic heterocycles. The first kappa shape index (κ1) is 20.3. The second-order valence-electron chi connectivity index (χ2n) is 7.05. The van der Waals surface area contributed by atoms with E-state index < -0.39 is 0 Å². The van der Waals surface area contributed by atoms with E-state index in [1.807, 2.05) is 48.5 Å². The van der Waals surface area contributed by atoms with Gasteiger partial charge in [-0.1, -0.05) is 38.1 Å². The quantitative estimate of drug-likeness (QED) is 0.592. The molecule has 0 bridgehead atoms. The van der Waals surface area contributed by atoms with Crippen LogP contribution in [0.3, 0.4) is 0 Å². The molecule has 1 amide bonds. The van der Waals surface area contributed by atoms with Gasteiger partial charge < -0.3 is 15.4 Å². The standard InChI is InChI=1S/C23H26N4O2/c1-16(2)18-6-8-20(9-7-18)27-22(28)19-14-25-23(26-15-19)24-13-12-17-4-10-21(29-3)11-5-17/h4-11,14-16H,12-13H2,1-3H3,(H,27,28)(H,24,25,26). The van der Waals surface area contributed by atoms with Crippen molar-refractivity contribution in [1.82, 2.24) is 9.97 Å². The van der Waals surface area contributed by atoms with Crippen LogP contribution in [0.2, 0.25) is 0 Å². The highest BCUT2D eigenvalue weighted by Gasteiger charge is 2.08. The molecule has 0 saturated heterocycles. The Morgan fingerprint density at radius 3 is 2.24 bits per heavy atom. The summed E-state index contributed by atoms with van der Waals surface area (Å²) in [5, 5.41) is 6.04. The fourth-order valence-electron chi connectivity index (χ4n) is 2.80. The monoisotopic (exact) mass is 390 g/mol. The summed E-state index contributed by atoms with van der Waals surface area (Å²) in [5.41, 5.74) is 3.59. The van der Waals surface area contributed by atoms with Crippen LogP contribution in [0.15, 0.2) is 60.9 Å². The lowest BCUT2D eigenvalue weighted by molar-refractivity contribution is 0.102. The Kier molecular flexibility index (Phi) is 6.79. The van der Waals surface area contributed by atoms with Crippen molar-refractivity contribution in [2.45, 2.75) is 26.2 Å². The molecule has 29 heavy (non-hydrogen) atoms. The predicted octanol–water partition coefficient (Wildman–Crippen LogP) is 4.52. The maximum absolute atomic E-state index is 12.4. The average Bonchev–Trinajstić information content (AvgIpc) is 2.75. The highest BCUT2D eigenvalue weighted by molar-refractivity contribution is 6.03. The van der Waals surface area contributed by atoms with Crippen LogP contribution in [-0.2, 0) is 6.42 Å². The summed E-state index contributed by atoms with van der Waals surface area (Å²) < 4.78 is 5.16. The minimum absolute atomic E-state index is 0.230. The number of rotatable bonds is 8. The molecule has 150 valence electrons. The highest BCUT2D eigenvalue weighted by Crippen LogP contribution is 2.17. The van der Waals surface area contributed by atoms with Gasteiger partial charge in [0.1, 0.15) is 5.75 Å². The van der Waals surface area contributed by atoms with Crippen LogP contribution >= 0.6 is 0 Å². The molecular weight excluding hydrogens is 364 g/mol. The van der Waals surface area contributed by atoms with Crippen molar-refractivity contribution in [3.05, 3.63) is 77.6 Å². The van der Waals surface area contributed by atoms with E-state index in [2.05, 4.69) is 34.4 Å².